The van der Waals surface area contributed by atoms with Crippen LogP contribution in [0.3, 0.4) is 0 Å². The highest BCUT2D eigenvalue weighted by Crippen LogP contribution is 2.34. The van der Waals surface area contributed by atoms with Gasteiger partial charge in [0.25, 0.3) is 5.56 Å². The Morgan fingerprint density at radius 1 is 1.18 bits per heavy atom. The van der Waals surface area contributed by atoms with Crippen LogP contribution in [-0.4, -0.2) is 21.7 Å². The van der Waals surface area contributed by atoms with E-state index in [0.29, 0.717) is 12.1 Å². The molecule has 2 aromatic heterocycles. The van der Waals surface area contributed by atoms with E-state index in [2.05, 4.69) is 10.4 Å². The van der Waals surface area contributed by atoms with E-state index in [1.54, 1.807) is 37.5 Å². The van der Waals surface area contributed by atoms with Crippen LogP contribution >= 0.6 is 0 Å². The molecule has 33 heavy (non-hydrogen) atoms. The smallest absolute Gasteiger partial charge is 0.341 e. The third-order valence-corrected chi connectivity index (χ3v) is 5.16. The van der Waals surface area contributed by atoms with Gasteiger partial charge in [-0.05, 0) is 41.3 Å². The highest BCUT2D eigenvalue weighted by atomic mass is 19.4. The summed E-state index contributed by atoms with van der Waals surface area (Å²) in [4.78, 5) is 29.5. The Hall–Kier alpha value is -3.66. The topological polar surface area (TPSA) is 102 Å². The molecule has 0 unspecified atom stereocenters. The number of amides is 1. The molecule has 174 valence electrons. The summed E-state index contributed by atoms with van der Waals surface area (Å²) in [5, 5.41) is 2.03. The molecule has 0 spiro atoms. The van der Waals surface area contributed by atoms with Gasteiger partial charge in [-0.15, -0.1) is 0 Å². The number of carbonyl (C=O) groups is 1. The summed E-state index contributed by atoms with van der Waals surface area (Å²) < 4.78 is 42.5. The second-order valence-electron chi connectivity index (χ2n) is 7.47. The average Bonchev–Trinajstić information content (AvgIpc) is 2.79. The van der Waals surface area contributed by atoms with Crippen molar-refractivity contribution in [2.24, 2.45) is 5.73 Å². The second kappa shape index (κ2) is 10.3. The van der Waals surface area contributed by atoms with Crippen LogP contribution in [0.1, 0.15) is 33.9 Å². The number of hydrogen-bond acceptors (Lipinski definition) is 5. The molecule has 0 bridgehead atoms. The fourth-order valence-electron chi connectivity index (χ4n) is 3.40. The van der Waals surface area contributed by atoms with Crippen molar-refractivity contribution in [3.8, 4) is 0 Å². The van der Waals surface area contributed by atoms with Gasteiger partial charge in [-0.3, -0.25) is 14.6 Å². The van der Waals surface area contributed by atoms with Gasteiger partial charge in [0, 0.05) is 30.7 Å². The first kappa shape index (κ1) is 24.0. The van der Waals surface area contributed by atoms with Crippen LogP contribution in [0.2, 0.25) is 0 Å². The van der Waals surface area contributed by atoms with Gasteiger partial charge >= 0.3 is 6.18 Å². The van der Waals surface area contributed by atoms with Crippen LogP contribution in [-0.2, 0) is 24.3 Å². The average molecular weight is 459 g/mol. The molecule has 4 N–H and O–H groups in total. The van der Waals surface area contributed by atoms with Crippen molar-refractivity contribution in [3.05, 3.63) is 99.2 Å². The van der Waals surface area contributed by atoms with E-state index in [4.69, 9.17) is 5.73 Å². The maximum Gasteiger partial charge on any atom is 0.412 e. The van der Waals surface area contributed by atoms with E-state index < -0.39 is 30.1 Å². The van der Waals surface area contributed by atoms with E-state index >= 15 is 0 Å². The van der Waals surface area contributed by atoms with Crippen LogP contribution in [0, 0.1) is 6.92 Å². The number of aromatic nitrogens is 2. The zero-order chi connectivity index (χ0) is 24.0. The Bertz CT molecular complexity index is 1160. The van der Waals surface area contributed by atoms with Crippen molar-refractivity contribution in [1.82, 2.24) is 15.0 Å². The van der Waals surface area contributed by atoms with Gasteiger partial charge in [0.2, 0.25) is 5.91 Å². The summed E-state index contributed by atoms with van der Waals surface area (Å²) in [5.41, 5.74) is 9.56. The Morgan fingerprint density at radius 3 is 2.61 bits per heavy atom. The van der Waals surface area contributed by atoms with E-state index in [9.17, 15) is 22.8 Å². The first-order chi connectivity index (χ1) is 15.7. The standard InChI is InChI=1S/C23H24F3N5O2/c1-15-8-10-31(29-14-16-5-4-9-28-13-16)22(33)19(15)11-20(32)30-21(23(24,25)26)18-7-3-2-6-17(18)12-27/h2-10,13,21,29H,11-12,14,27H2,1H3,(H,30,32)/t21-/m0/s1. The number of rotatable bonds is 8. The van der Waals surface area contributed by atoms with Crippen LogP contribution < -0.4 is 22.0 Å². The van der Waals surface area contributed by atoms with Gasteiger partial charge in [-0.2, -0.15) is 13.2 Å². The Kier molecular flexibility index (Phi) is 7.49. The zero-order valence-electron chi connectivity index (χ0n) is 17.9. The van der Waals surface area contributed by atoms with Crippen LogP contribution in [0.4, 0.5) is 13.2 Å². The fraction of sp³-hybridized carbons (Fsp3) is 0.261. The van der Waals surface area contributed by atoms with Crippen LogP contribution in [0.15, 0.2) is 65.8 Å². The van der Waals surface area contributed by atoms with Gasteiger partial charge in [-0.25, -0.2) is 4.68 Å². The van der Waals surface area contributed by atoms with Gasteiger partial charge in [-0.1, -0.05) is 30.3 Å². The third-order valence-electron chi connectivity index (χ3n) is 5.16. The molecular formula is C23H24F3N5O2. The first-order valence-electron chi connectivity index (χ1n) is 10.2. The van der Waals surface area contributed by atoms with Crippen molar-refractivity contribution in [1.29, 1.82) is 0 Å². The van der Waals surface area contributed by atoms with Crippen LogP contribution in [0.5, 0.6) is 0 Å². The molecular weight excluding hydrogens is 435 g/mol. The second-order valence-corrected chi connectivity index (χ2v) is 7.47. The maximum absolute atomic E-state index is 13.8. The number of nitrogens with one attached hydrogen (secondary N) is 2. The predicted molar refractivity (Wildman–Crippen MR) is 118 cm³/mol. The maximum atomic E-state index is 13.8. The van der Waals surface area contributed by atoms with E-state index in [0.717, 1.165) is 5.56 Å². The van der Waals surface area contributed by atoms with Crippen molar-refractivity contribution < 1.29 is 18.0 Å². The Morgan fingerprint density at radius 2 is 1.94 bits per heavy atom. The van der Waals surface area contributed by atoms with Crippen LogP contribution in [0.25, 0.3) is 0 Å². The highest BCUT2D eigenvalue weighted by Gasteiger charge is 2.42. The zero-order valence-corrected chi connectivity index (χ0v) is 17.9. The minimum atomic E-state index is -4.74. The SMILES string of the molecule is Cc1ccn(NCc2cccnc2)c(=O)c1CC(=O)N[C@@H](c1ccccc1CN)C(F)(F)F. The Labute approximate surface area is 188 Å². The van der Waals surface area contributed by atoms with Crippen molar-refractivity contribution >= 4 is 5.91 Å². The van der Waals surface area contributed by atoms with E-state index in [1.807, 2.05) is 11.4 Å². The normalized spacial score (nSPS) is 12.3. The summed E-state index contributed by atoms with van der Waals surface area (Å²) in [6, 6.07) is 8.75. The summed E-state index contributed by atoms with van der Waals surface area (Å²) in [6.07, 6.45) is -0.476. The summed E-state index contributed by atoms with van der Waals surface area (Å²) >= 11 is 0. The highest BCUT2D eigenvalue weighted by molar-refractivity contribution is 5.79. The molecule has 3 rings (SSSR count). The largest absolute Gasteiger partial charge is 0.412 e. The van der Waals surface area contributed by atoms with E-state index in [1.165, 1.54) is 29.1 Å². The van der Waals surface area contributed by atoms with Gasteiger partial charge in [0.05, 0.1) is 13.0 Å². The lowest BCUT2D eigenvalue weighted by atomic mass is 9.99. The molecule has 1 atom stereocenters. The molecule has 3 aromatic rings. The minimum absolute atomic E-state index is 0.0988. The third kappa shape index (κ3) is 5.98. The predicted octanol–water partition coefficient (Wildman–Crippen LogP) is 2.72. The van der Waals surface area contributed by atoms with Gasteiger partial charge in [0.15, 0.2) is 6.04 Å². The number of aryl methyl sites for hydroxylation is 1. The lowest BCUT2D eigenvalue weighted by molar-refractivity contribution is -0.163. The number of hydrogen-bond donors (Lipinski definition) is 3. The summed E-state index contributed by atoms with van der Waals surface area (Å²) in [5.74, 6) is -0.922. The molecule has 0 radical (unpaired) electrons. The number of benzene rings is 1. The summed E-state index contributed by atoms with van der Waals surface area (Å²) in [6.45, 7) is 1.82. The summed E-state index contributed by atoms with van der Waals surface area (Å²) in [7, 11) is 0. The number of carbonyl (C=O) groups excluding carboxylic acids is 1. The minimum Gasteiger partial charge on any atom is -0.341 e. The monoisotopic (exact) mass is 459 g/mol. The fourth-order valence-corrected chi connectivity index (χ4v) is 3.40. The molecule has 0 fully saturated rings. The molecule has 0 aliphatic carbocycles. The number of halogens is 3. The molecule has 2 heterocycles. The lowest BCUT2D eigenvalue weighted by Crippen LogP contribution is -2.41. The van der Waals surface area contributed by atoms with E-state index in [-0.39, 0.29) is 23.2 Å². The number of nitrogens with two attached hydrogens (primary N) is 1. The van der Waals surface area contributed by atoms with Crippen molar-refractivity contribution in [3.63, 3.8) is 0 Å². The molecule has 7 nitrogen and oxygen atoms in total. The van der Waals surface area contributed by atoms with Gasteiger partial charge < -0.3 is 16.5 Å². The number of alkyl halides is 3. The van der Waals surface area contributed by atoms with Crippen molar-refractivity contribution in [2.45, 2.75) is 38.7 Å². The molecule has 0 aliphatic heterocycles. The Balaban J connectivity index is 1.80. The molecule has 0 saturated carbocycles. The van der Waals surface area contributed by atoms with Crippen molar-refractivity contribution in [2.75, 3.05) is 5.43 Å². The molecule has 1 amide bonds. The molecule has 10 heteroatoms. The molecule has 0 saturated heterocycles. The van der Waals surface area contributed by atoms with Gasteiger partial charge in [0.1, 0.15) is 0 Å². The number of nitrogens with zero attached hydrogens (tertiary/aromatic N) is 2. The quantitative estimate of drug-likeness (QED) is 0.481. The molecule has 1 aromatic carbocycles. The first-order valence-corrected chi connectivity index (χ1v) is 10.2. The lowest BCUT2D eigenvalue weighted by Gasteiger charge is -2.24. The molecule has 0 aliphatic rings. The number of pyridine rings is 2.